The van der Waals surface area contributed by atoms with E-state index in [4.69, 9.17) is 54.5 Å². The molecule has 0 heterocycles. The van der Waals surface area contributed by atoms with Crippen molar-refractivity contribution >= 4 is 53.2 Å². The molecule has 0 aliphatic carbocycles. The van der Waals surface area contributed by atoms with E-state index < -0.39 is 23.8 Å². The minimum absolute atomic E-state index is 0.00345. The van der Waals surface area contributed by atoms with E-state index in [1.54, 1.807) is 0 Å². The third-order valence-electron chi connectivity index (χ3n) is 9.60. The van der Waals surface area contributed by atoms with Gasteiger partial charge in [-0.05, 0) is 19.3 Å². The molecule has 13 N–H and O–H groups in total. The zero-order chi connectivity index (χ0) is 54.5. The molecule has 0 aromatic rings. The van der Waals surface area contributed by atoms with Crippen molar-refractivity contribution in [3.63, 3.8) is 0 Å². The van der Waals surface area contributed by atoms with Crippen molar-refractivity contribution in [1.29, 1.82) is 0 Å². The Kier molecular flexibility index (Phi) is 47.7. The predicted molar refractivity (Wildman–Crippen MR) is 266 cm³/mol. The molecule has 0 radical (unpaired) electrons. The van der Waals surface area contributed by atoms with E-state index in [2.05, 4.69) is 42.5 Å². The summed E-state index contributed by atoms with van der Waals surface area (Å²) in [6, 6.07) is -0.922. The van der Waals surface area contributed by atoms with Crippen LogP contribution < -0.4 is 54.0 Å². The van der Waals surface area contributed by atoms with Gasteiger partial charge < -0.3 is 97.0 Å². The highest BCUT2D eigenvalue weighted by molar-refractivity contribution is 5.89. The lowest BCUT2D eigenvalue weighted by Crippen LogP contribution is -2.47. The van der Waals surface area contributed by atoms with Gasteiger partial charge in [-0.15, -0.1) is 0 Å². The Morgan fingerprint density at radius 2 is 0.595 bits per heavy atom. The zero-order valence-corrected chi connectivity index (χ0v) is 43.1. The molecule has 0 spiro atoms. The average molecular weight is 1070 g/mol. The highest BCUT2D eigenvalue weighted by Gasteiger charge is 2.21. The largest absolute Gasteiger partial charge is 0.481 e. The van der Waals surface area contributed by atoms with Crippen molar-refractivity contribution in [2.24, 2.45) is 11.5 Å². The monoisotopic (exact) mass is 1070 g/mol. The predicted octanol–water partition coefficient (Wildman–Crippen LogP) is -4.29. The number of nitrogens with one attached hydrogen (secondary N) is 8. The maximum Gasteiger partial charge on any atom is 0.303 e. The van der Waals surface area contributed by atoms with E-state index in [0.717, 1.165) is 0 Å². The van der Waals surface area contributed by atoms with Crippen molar-refractivity contribution in [1.82, 2.24) is 42.5 Å². The van der Waals surface area contributed by atoms with Gasteiger partial charge in [-0.1, -0.05) is 0 Å². The molecule has 0 aromatic carbocycles. The number of rotatable bonds is 53. The van der Waals surface area contributed by atoms with Crippen LogP contribution >= 0.6 is 0 Å². The van der Waals surface area contributed by atoms with E-state index in [1.165, 1.54) is 0 Å². The quantitative estimate of drug-likeness (QED) is 0.0257. The first kappa shape index (κ1) is 68.8. The van der Waals surface area contributed by atoms with Crippen LogP contribution in [0, 0.1) is 0 Å². The number of carbonyl (C=O) groups excluding carboxylic acids is 8. The summed E-state index contributed by atoms with van der Waals surface area (Å²) in [6.45, 7) is 7.30. The van der Waals surface area contributed by atoms with Crippen LogP contribution in [0.3, 0.4) is 0 Å². The Bertz CT molecular complexity index is 1540. The molecule has 0 aliphatic heterocycles. The molecule has 0 fully saturated rings. The second-order valence-corrected chi connectivity index (χ2v) is 15.9. The van der Waals surface area contributed by atoms with Gasteiger partial charge in [0, 0.05) is 104 Å². The van der Waals surface area contributed by atoms with Crippen LogP contribution in [0.5, 0.6) is 0 Å². The number of carboxylic acids is 1. The lowest BCUT2D eigenvalue weighted by molar-refractivity contribution is -0.139. The van der Waals surface area contributed by atoms with Gasteiger partial charge in [0.25, 0.3) is 0 Å². The molecule has 8 amide bonds. The van der Waals surface area contributed by atoms with E-state index in [1.807, 2.05) is 0 Å². The maximum absolute atomic E-state index is 13.2. The zero-order valence-electron chi connectivity index (χ0n) is 43.1. The first-order valence-corrected chi connectivity index (χ1v) is 25.3. The van der Waals surface area contributed by atoms with Crippen molar-refractivity contribution in [2.45, 2.75) is 76.7 Å². The molecular weight excluding hydrogens is 981 g/mol. The molecule has 0 aromatic heterocycles. The number of carboxylic acid groups (broad SMARTS) is 1. The van der Waals surface area contributed by atoms with Crippen LogP contribution in [0.2, 0.25) is 0 Å². The third kappa shape index (κ3) is 49.1. The van der Waals surface area contributed by atoms with Gasteiger partial charge in [0.15, 0.2) is 0 Å². The van der Waals surface area contributed by atoms with Crippen LogP contribution in [0.15, 0.2) is 0 Å². The molecule has 28 nitrogen and oxygen atoms in total. The second-order valence-electron chi connectivity index (χ2n) is 15.9. The van der Waals surface area contributed by atoms with Gasteiger partial charge in [0.2, 0.25) is 47.3 Å². The maximum atomic E-state index is 13.2. The van der Waals surface area contributed by atoms with E-state index >= 15 is 0 Å². The molecule has 0 unspecified atom stereocenters. The van der Waals surface area contributed by atoms with Gasteiger partial charge in [-0.25, -0.2) is 0 Å². The highest BCUT2D eigenvalue weighted by Crippen LogP contribution is 2.04. The van der Waals surface area contributed by atoms with Gasteiger partial charge in [0.1, 0.15) is 6.04 Å². The lowest BCUT2D eigenvalue weighted by Gasteiger charge is -2.19. The number of ether oxygens (including phenoxy) is 8. The lowest BCUT2D eigenvalue weighted by atomic mass is 10.1. The standard InChI is InChI=1S/C46H86N10O18/c47-12-21-67-29-31-69-23-15-50-39(58)5-4-38(57)49-14-2-1-3-37(56-44(63)9-8-42(61)53-18-24-70-32-30-68-22-13-48)46(66)55-20-28-74-36-35-72-26-17-52-41(60)7-6-40(59)51-16-25-71-33-34-73-27-19-54-43(62)10-11-45(64)65/h37H,1-36,47-48H2,(H,49,57)(H,50,58)(H,51,59)(H,52,60)(H,53,61)(H,54,62)(H,55,66)(H,56,63)(H,64,65)/t37-/m0/s1. The fourth-order valence-corrected chi connectivity index (χ4v) is 5.81. The molecule has 428 valence electrons. The number of hydrogen-bond acceptors (Lipinski definition) is 19. The normalized spacial score (nSPS) is 11.3. The van der Waals surface area contributed by atoms with E-state index in [0.29, 0.717) is 85.3 Å². The van der Waals surface area contributed by atoms with Crippen molar-refractivity contribution in [2.75, 3.05) is 165 Å². The summed E-state index contributed by atoms with van der Waals surface area (Å²) < 4.78 is 42.8. The third-order valence-corrected chi connectivity index (χ3v) is 9.60. The molecule has 74 heavy (non-hydrogen) atoms. The summed E-state index contributed by atoms with van der Waals surface area (Å²) in [6.07, 6.45) is 0.593. The first-order valence-electron chi connectivity index (χ1n) is 25.3. The summed E-state index contributed by atoms with van der Waals surface area (Å²) in [5.74, 6) is -3.92. The minimum Gasteiger partial charge on any atom is -0.481 e. The Morgan fingerprint density at radius 3 is 0.905 bits per heavy atom. The average Bonchev–Trinajstić information content (AvgIpc) is 3.38. The summed E-state index contributed by atoms with van der Waals surface area (Å²) in [4.78, 5) is 109. The fourth-order valence-electron chi connectivity index (χ4n) is 5.81. The molecule has 28 heteroatoms. The molecule has 0 rings (SSSR count). The number of carbonyl (C=O) groups is 9. The highest BCUT2D eigenvalue weighted by atomic mass is 16.5. The Hall–Kier alpha value is -5.17. The van der Waals surface area contributed by atoms with Crippen molar-refractivity contribution in [3.8, 4) is 0 Å². The number of nitrogens with two attached hydrogens (primary N) is 2. The molecule has 0 saturated heterocycles. The Morgan fingerprint density at radius 1 is 0.324 bits per heavy atom. The summed E-state index contributed by atoms with van der Waals surface area (Å²) in [7, 11) is 0. The number of amides is 8. The van der Waals surface area contributed by atoms with Crippen molar-refractivity contribution < 1.29 is 86.2 Å². The van der Waals surface area contributed by atoms with Gasteiger partial charge in [-0.3, -0.25) is 43.2 Å². The topological polar surface area (TPSA) is 396 Å². The number of aliphatic carboxylic acids is 1. The molecule has 1 atom stereocenters. The minimum atomic E-state index is -1.04. The SMILES string of the molecule is NCCOCCOCCNC(=O)CCC(=O)NCCCC[C@H](NC(=O)CCC(=O)NCCOCCOCCN)C(=O)NCCOCCOCCNC(=O)CCC(=O)NCCOCCOCCNC(=O)CCC(=O)O. The summed E-state index contributed by atoms with van der Waals surface area (Å²) >= 11 is 0. The number of hydrogen-bond donors (Lipinski definition) is 11. The summed E-state index contributed by atoms with van der Waals surface area (Å²) in [5.41, 5.74) is 10.7. The van der Waals surface area contributed by atoms with Crippen LogP contribution in [0.1, 0.15) is 70.6 Å². The molecule has 0 saturated carbocycles. The smallest absolute Gasteiger partial charge is 0.303 e. The van der Waals surface area contributed by atoms with Gasteiger partial charge in [-0.2, -0.15) is 0 Å². The molecule has 0 aliphatic rings. The van der Waals surface area contributed by atoms with Crippen LogP contribution in [-0.2, 0) is 81.0 Å². The van der Waals surface area contributed by atoms with Gasteiger partial charge >= 0.3 is 5.97 Å². The fraction of sp³-hybridized carbons (Fsp3) is 0.804. The Labute approximate surface area is 433 Å². The molecular formula is C46H86N10O18. The Balaban J connectivity index is 4.38. The summed E-state index contributed by atoms with van der Waals surface area (Å²) in [5, 5.41) is 30.0. The molecule has 0 bridgehead atoms. The second kappa shape index (κ2) is 51.3. The van der Waals surface area contributed by atoms with E-state index in [-0.39, 0.29) is 185 Å². The van der Waals surface area contributed by atoms with Crippen molar-refractivity contribution in [3.05, 3.63) is 0 Å². The van der Waals surface area contributed by atoms with E-state index in [9.17, 15) is 43.2 Å². The first-order chi connectivity index (χ1) is 35.9. The van der Waals surface area contributed by atoms with Crippen LogP contribution in [-0.4, -0.2) is 229 Å². The number of unbranched alkanes of at least 4 members (excludes halogenated alkanes) is 1. The van der Waals surface area contributed by atoms with Crippen LogP contribution in [0.4, 0.5) is 0 Å². The van der Waals surface area contributed by atoms with Crippen LogP contribution in [0.25, 0.3) is 0 Å². The van der Waals surface area contributed by atoms with Gasteiger partial charge in [0.05, 0.1) is 112 Å².